The Morgan fingerprint density at radius 1 is 1.00 bits per heavy atom. The van der Waals surface area contributed by atoms with E-state index in [-0.39, 0.29) is 11.9 Å². The third-order valence-electron chi connectivity index (χ3n) is 5.01. The van der Waals surface area contributed by atoms with Crippen LogP contribution in [0.2, 0.25) is 0 Å². The van der Waals surface area contributed by atoms with Crippen LogP contribution in [-0.4, -0.2) is 33.5 Å². The fraction of sp³-hybridized carbons (Fsp3) is 0.217. The number of halogens is 1. The Bertz CT molecular complexity index is 1160. The molecule has 3 heterocycles. The maximum absolute atomic E-state index is 13.2. The Morgan fingerprint density at radius 2 is 1.81 bits per heavy atom. The zero-order valence-corrected chi connectivity index (χ0v) is 18.2. The van der Waals surface area contributed by atoms with E-state index in [0.717, 1.165) is 46.8 Å². The van der Waals surface area contributed by atoms with Crippen LogP contribution in [0.5, 0.6) is 17.4 Å². The molecule has 1 aliphatic heterocycles. The van der Waals surface area contributed by atoms with Crippen molar-refractivity contribution in [2.45, 2.75) is 23.8 Å². The highest BCUT2D eigenvalue weighted by Gasteiger charge is 2.23. The Balaban J connectivity index is 1.20. The Morgan fingerprint density at radius 3 is 2.65 bits per heavy atom. The van der Waals surface area contributed by atoms with Crippen LogP contribution in [0.3, 0.4) is 0 Å². The monoisotopic (exact) mass is 453 g/mol. The lowest BCUT2D eigenvalue weighted by molar-refractivity contribution is 0.135. The average Bonchev–Trinajstić information content (AvgIpc) is 3.28. The van der Waals surface area contributed by atoms with E-state index >= 15 is 0 Å². The van der Waals surface area contributed by atoms with Gasteiger partial charge in [-0.3, -0.25) is 0 Å². The molecule has 0 unspecified atom stereocenters. The van der Waals surface area contributed by atoms with Gasteiger partial charge in [-0.2, -0.15) is 0 Å². The van der Waals surface area contributed by atoms with Crippen LogP contribution in [0.25, 0.3) is 10.2 Å². The van der Waals surface area contributed by atoms with Gasteiger partial charge in [-0.1, -0.05) is 12.1 Å². The largest absolute Gasteiger partial charge is 0.473 e. The van der Waals surface area contributed by atoms with Gasteiger partial charge in [0, 0.05) is 13.1 Å². The van der Waals surface area contributed by atoms with Crippen LogP contribution in [-0.2, 0) is 0 Å². The molecule has 0 saturated carbocycles. The first-order valence-corrected chi connectivity index (χ1v) is 11.7. The average molecular weight is 454 g/mol. The summed E-state index contributed by atoms with van der Waals surface area (Å²) >= 11 is 3.29. The number of piperidine rings is 1. The number of nitrogens with zero attached hydrogens (tertiary/aromatic N) is 3. The molecule has 0 spiro atoms. The van der Waals surface area contributed by atoms with E-state index in [1.54, 1.807) is 41.7 Å². The van der Waals surface area contributed by atoms with Gasteiger partial charge in [0.05, 0.1) is 10.4 Å². The number of thiophene rings is 1. The van der Waals surface area contributed by atoms with E-state index in [0.29, 0.717) is 11.6 Å². The Labute approximate surface area is 188 Å². The van der Waals surface area contributed by atoms with E-state index in [4.69, 9.17) is 9.47 Å². The van der Waals surface area contributed by atoms with Gasteiger partial charge in [0.15, 0.2) is 0 Å². The van der Waals surface area contributed by atoms with Crippen molar-refractivity contribution in [3.05, 3.63) is 72.1 Å². The highest BCUT2D eigenvalue weighted by Crippen LogP contribution is 2.36. The zero-order chi connectivity index (χ0) is 21.0. The van der Waals surface area contributed by atoms with E-state index in [1.807, 2.05) is 35.7 Å². The molecule has 5 rings (SSSR count). The molecule has 0 aliphatic carbocycles. The molecule has 8 heteroatoms. The third-order valence-corrected chi connectivity index (χ3v) is 7.06. The fourth-order valence-electron chi connectivity index (χ4n) is 3.43. The number of benzene rings is 2. The molecule has 31 heavy (non-hydrogen) atoms. The zero-order valence-electron chi connectivity index (χ0n) is 16.6. The Kier molecular flexibility index (Phi) is 6.01. The lowest BCUT2D eigenvalue weighted by Crippen LogP contribution is -2.34. The molecule has 0 amide bonds. The van der Waals surface area contributed by atoms with Gasteiger partial charge in [0.1, 0.15) is 34.4 Å². The van der Waals surface area contributed by atoms with Crippen LogP contribution < -0.4 is 9.47 Å². The molecule has 0 bridgehead atoms. The third kappa shape index (κ3) is 4.81. The lowest BCUT2D eigenvalue weighted by Gasteiger charge is -2.31. The molecule has 2 aromatic heterocycles. The number of rotatable bonds is 6. The first-order valence-electron chi connectivity index (χ1n) is 10.0. The minimum absolute atomic E-state index is 0.141. The molecular weight excluding hydrogens is 433 g/mol. The van der Waals surface area contributed by atoms with Crippen molar-refractivity contribution in [1.82, 2.24) is 14.3 Å². The predicted octanol–water partition coefficient (Wildman–Crippen LogP) is 6.17. The molecule has 158 valence electrons. The Hall–Kier alpha value is -2.68. The van der Waals surface area contributed by atoms with E-state index in [9.17, 15) is 4.39 Å². The molecule has 1 fully saturated rings. The van der Waals surface area contributed by atoms with Gasteiger partial charge in [0.25, 0.3) is 0 Å². The van der Waals surface area contributed by atoms with Crippen LogP contribution >= 0.6 is 23.3 Å². The molecule has 4 aromatic rings. The van der Waals surface area contributed by atoms with Gasteiger partial charge in [-0.05, 0) is 72.6 Å². The summed E-state index contributed by atoms with van der Waals surface area (Å²) < 4.78 is 28.7. The molecular formula is C23H20FN3O2S2. The van der Waals surface area contributed by atoms with Crippen molar-refractivity contribution in [3.8, 4) is 17.4 Å². The molecule has 0 atom stereocenters. The van der Waals surface area contributed by atoms with E-state index in [1.165, 1.54) is 12.1 Å². The van der Waals surface area contributed by atoms with Gasteiger partial charge < -0.3 is 9.47 Å². The van der Waals surface area contributed by atoms with Crippen molar-refractivity contribution >= 4 is 33.5 Å². The highest BCUT2D eigenvalue weighted by molar-refractivity contribution is 7.97. The fourth-order valence-corrected chi connectivity index (χ4v) is 5.21. The topological polar surface area (TPSA) is 47.5 Å². The first kappa shape index (κ1) is 20.2. The second kappa shape index (κ2) is 9.21. The second-order valence-electron chi connectivity index (χ2n) is 7.15. The second-order valence-corrected chi connectivity index (χ2v) is 9.21. The van der Waals surface area contributed by atoms with E-state index < -0.39 is 0 Å². The van der Waals surface area contributed by atoms with Crippen LogP contribution in [0.15, 0.2) is 71.2 Å². The maximum Gasteiger partial charge on any atom is 0.235 e. The summed E-state index contributed by atoms with van der Waals surface area (Å²) in [5.74, 6) is 1.79. The molecule has 0 radical (unpaired) electrons. The summed E-state index contributed by atoms with van der Waals surface area (Å²) in [4.78, 5) is 9.64. The van der Waals surface area contributed by atoms with Crippen molar-refractivity contribution in [2.24, 2.45) is 0 Å². The molecule has 2 aromatic carbocycles. The summed E-state index contributed by atoms with van der Waals surface area (Å²) in [6, 6.07) is 16.0. The number of ether oxygens (including phenoxy) is 2. The van der Waals surface area contributed by atoms with Crippen molar-refractivity contribution in [3.63, 3.8) is 0 Å². The summed E-state index contributed by atoms with van der Waals surface area (Å²) in [5.41, 5.74) is 0.931. The standard InChI is InChI=1S/C23H20FN3O2S2/c24-16-5-7-17(8-6-16)28-20-3-1-2-4-21(20)31-27-12-9-18(10-13-27)29-23-22-19(11-14-30-22)25-15-26-23/h1-8,11,14-15,18H,9-10,12-13H2. The summed E-state index contributed by atoms with van der Waals surface area (Å²) in [6.07, 6.45) is 3.55. The predicted molar refractivity (Wildman–Crippen MR) is 121 cm³/mol. The molecule has 0 N–H and O–H groups in total. The normalized spacial score (nSPS) is 15.3. The molecule has 5 nitrogen and oxygen atoms in total. The van der Waals surface area contributed by atoms with Gasteiger partial charge in [-0.25, -0.2) is 18.7 Å². The summed E-state index contributed by atoms with van der Waals surface area (Å²) in [6.45, 7) is 1.80. The number of para-hydroxylation sites is 1. The highest BCUT2D eigenvalue weighted by atomic mass is 32.2. The summed E-state index contributed by atoms with van der Waals surface area (Å²) in [5, 5.41) is 2.01. The maximum atomic E-state index is 13.2. The number of hydrogen-bond acceptors (Lipinski definition) is 7. The van der Waals surface area contributed by atoms with Crippen molar-refractivity contribution < 1.29 is 13.9 Å². The first-order chi connectivity index (χ1) is 15.2. The number of aromatic nitrogens is 2. The quantitative estimate of drug-likeness (QED) is 0.325. The van der Waals surface area contributed by atoms with Gasteiger partial charge in [-0.15, -0.1) is 11.3 Å². The number of hydrogen-bond donors (Lipinski definition) is 0. The molecule has 1 aliphatic rings. The van der Waals surface area contributed by atoms with E-state index in [2.05, 4.69) is 14.3 Å². The smallest absolute Gasteiger partial charge is 0.235 e. The molecule has 1 saturated heterocycles. The SMILES string of the molecule is Fc1ccc(Oc2ccccc2SN2CCC(Oc3ncnc4ccsc34)CC2)cc1. The van der Waals surface area contributed by atoms with Crippen LogP contribution in [0, 0.1) is 5.82 Å². The van der Waals surface area contributed by atoms with Crippen molar-refractivity contribution in [1.29, 1.82) is 0 Å². The summed E-state index contributed by atoms with van der Waals surface area (Å²) in [7, 11) is 0. The van der Waals surface area contributed by atoms with Gasteiger partial charge in [0.2, 0.25) is 5.88 Å². The lowest BCUT2D eigenvalue weighted by atomic mass is 10.1. The van der Waals surface area contributed by atoms with Crippen LogP contribution in [0.1, 0.15) is 12.8 Å². The van der Waals surface area contributed by atoms with Crippen molar-refractivity contribution in [2.75, 3.05) is 13.1 Å². The number of fused-ring (bicyclic) bond motifs is 1. The van der Waals surface area contributed by atoms with Crippen LogP contribution in [0.4, 0.5) is 4.39 Å². The van der Waals surface area contributed by atoms with Gasteiger partial charge >= 0.3 is 0 Å². The minimum atomic E-state index is -0.276. The minimum Gasteiger partial charge on any atom is -0.473 e.